The molecular weight excluding hydrogens is 283 g/mol. The molecule has 114 valence electrons. The molecule has 0 N–H and O–H groups in total. The number of piperidine rings is 1. The third kappa shape index (κ3) is 2.25. The van der Waals surface area contributed by atoms with Gasteiger partial charge in [-0.1, -0.05) is 0 Å². The van der Waals surface area contributed by atoms with E-state index in [0.29, 0.717) is 29.6 Å². The van der Waals surface area contributed by atoms with E-state index in [4.69, 9.17) is 4.74 Å². The van der Waals surface area contributed by atoms with Crippen LogP contribution in [0.4, 0.5) is 4.39 Å². The maximum Gasteiger partial charge on any atom is 0.255 e. The van der Waals surface area contributed by atoms with Crippen LogP contribution in [0.1, 0.15) is 29.6 Å². The molecule has 0 atom stereocenters. The zero-order valence-corrected chi connectivity index (χ0v) is 12.2. The minimum Gasteiger partial charge on any atom is -0.375 e. The first kappa shape index (κ1) is 13.6. The lowest BCUT2D eigenvalue weighted by Crippen LogP contribution is -2.53. The summed E-state index contributed by atoms with van der Waals surface area (Å²) in [6.07, 6.45) is 4.47. The van der Waals surface area contributed by atoms with Gasteiger partial charge in [0.05, 0.1) is 23.3 Å². The second-order valence-electron chi connectivity index (χ2n) is 6.13. The molecule has 3 heterocycles. The molecular formula is C17H17FN2O2. The number of likely N-dealkylation sites (tertiary alicyclic amines) is 1. The molecule has 1 spiro atoms. The number of benzene rings is 1. The highest BCUT2D eigenvalue weighted by molar-refractivity contribution is 5.97. The molecule has 0 unspecified atom stereocenters. The number of carbonyl (C=O) groups is 1. The van der Waals surface area contributed by atoms with Crippen molar-refractivity contribution in [2.75, 3.05) is 19.7 Å². The van der Waals surface area contributed by atoms with E-state index < -0.39 is 0 Å². The third-order valence-corrected chi connectivity index (χ3v) is 4.82. The van der Waals surface area contributed by atoms with Crippen molar-refractivity contribution in [1.82, 2.24) is 9.88 Å². The summed E-state index contributed by atoms with van der Waals surface area (Å²) in [5.41, 5.74) is 1.24. The van der Waals surface area contributed by atoms with Gasteiger partial charge in [0.2, 0.25) is 0 Å². The van der Waals surface area contributed by atoms with E-state index in [1.807, 2.05) is 4.90 Å². The van der Waals surface area contributed by atoms with E-state index in [9.17, 15) is 9.18 Å². The molecule has 0 bridgehead atoms. The van der Waals surface area contributed by atoms with Gasteiger partial charge in [0.25, 0.3) is 5.91 Å². The normalized spacial score (nSPS) is 20.1. The summed E-state index contributed by atoms with van der Waals surface area (Å²) in [7, 11) is 0. The summed E-state index contributed by atoms with van der Waals surface area (Å²) in [5, 5.41) is 0.654. The number of pyridine rings is 1. The Kier molecular flexibility index (Phi) is 3.11. The molecule has 5 heteroatoms. The van der Waals surface area contributed by atoms with Crippen molar-refractivity contribution >= 4 is 16.8 Å². The summed E-state index contributed by atoms with van der Waals surface area (Å²) in [6, 6.07) is 6.13. The van der Waals surface area contributed by atoms with Crippen LogP contribution >= 0.6 is 0 Å². The molecule has 2 saturated heterocycles. The van der Waals surface area contributed by atoms with Crippen LogP contribution in [-0.4, -0.2) is 41.1 Å². The molecule has 1 amide bonds. The van der Waals surface area contributed by atoms with E-state index in [1.165, 1.54) is 12.1 Å². The Balaban J connectivity index is 1.55. The Morgan fingerprint density at radius 1 is 1.23 bits per heavy atom. The molecule has 2 aliphatic heterocycles. The van der Waals surface area contributed by atoms with Crippen molar-refractivity contribution in [3.05, 3.63) is 41.8 Å². The van der Waals surface area contributed by atoms with Crippen LogP contribution in [0.3, 0.4) is 0 Å². The van der Waals surface area contributed by atoms with Crippen molar-refractivity contribution in [1.29, 1.82) is 0 Å². The fourth-order valence-electron chi connectivity index (χ4n) is 3.30. The number of aromatic nitrogens is 1. The van der Waals surface area contributed by atoms with Crippen LogP contribution in [0, 0.1) is 5.82 Å². The van der Waals surface area contributed by atoms with Crippen LogP contribution in [0.2, 0.25) is 0 Å². The van der Waals surface area contributed by atoms with Gasteiger partial charge in [0.15, 0.2) is 0 Å². The first-order valence-electron chi connectivity index (χ1n) is 7.64. The van der Waals surface area contributed by atoms with Gasteiger partial charge < -0.3 is 9.64 Å². The molecule has 4 rings (SSSR count). The van der Waals surface area contributed by atoms with Gasteiger partial charge in [-0.3, -0.25) is 9.78 Å². The number of ether oxygens (including phenoxy) is 1. The highest BCUT2D eigenvalue weighted by atomic mass is 19.1. The standard InChI is InChI=1S/C17H17FN2O2/c18-14-1-2-15-12(10-14)9-13(11-19-15)16(21)20-6-3-17(4-7-20)5-8-22-17/h1-2,9-11H,3-8H2. The lowest BCUT2D eigenvalue weighted by Gasteiger charge is -2.47. The average Bonchev–Trinajstić information content (AvgIpc) is 2.52. The van der Waals surface area contributed by atoms with E-state index in [2.05, 4.69) is 4.98 Å². The van der Waals surface area contributed by atoms with Gasteiger partial charge in [-0.2, -0.15) is 0 Å². The third-order valence-electron chi connectivity index (χ3n) is 4.82. The van der Waals surface area contributed by atoms with Crippen LogP contribution < -0.4 is 0 Å². The molecule has 0 saturated carbocycles. The second-order valence-corrected chi connectivity index (χ2v) is 6.13. The Bertz CT molecular complexity index is 733. The summed E-state index contributed by atoms with van der Waals surface area (Å²) in [4.78, 5) is 18.7. The number of rotatable bonds is 1. The zero-order chi connectivity index (χ0) is 15.2. The van der Waals surface area contributed by atoms with Gasteiger partial charge in [-0.25, -0.2) is 4.39 Å². The molecule has 2 aromatic rings. The molecule has 1 aromatic carbocycles. The molecule has 1 aromatic heterocycles. The average molecular weight is 300 g/mol. The van der Waals surface area contributed by atoms with Crippen molar-refractivity contribution < 1.29 is 13.9 Å². The van der Waals surface area contributed by atoms with E-state index in [1.54, 1.807) is 18.3 Å². The van der Waals surface area contributed by atoms with Gasteiger partial charge in [0.1, 0.15) is 5.82 Å². The lowest BCUT2D eigenvalue weighted by molar-refractivity contribution is -0.169. The largest absolute Gasteiger partial charge is 0.375 e. The Labute approximate surface area is 127 Å². The molecule has 2 aliphatic rings. The summed E-state index contributed by atoms with van der Waals surface area (Å²) >= 11 is 0. The van der Waals surface area contributed by atoms with Gasteiger partial charge >= 0.3 is 0 Å². The van der Waals surface area contributed by atoms with Crippen LogP contribution in [0.15, 0.2) is 30.5 Å². The number of carbonyl (C=O) groups excluding carboxylic acids is 1. The first-order chi connectivity index (χ1) is 10.7. The van der Waals surface area contributed by atoms with Crippen molar-refractivity contribution in [3.8, 4) is 0 Å². The predicted molar refractivity (Wildman–Crippen MR) is 80.1 cm³/mol. The topological polar surface area (TPSA) is 42.4 Å². The number of hydrogen-bond donors (Lipinski definition) is 0. The van der Waals surface area contributed by atoms with Crippen LogP contribution in [0.25, 0.3) is 10.9 Å². The Hall–Kier alpha value is -2.01. The molecule has 0 aliphatic carbocycles. The quantitative estimate of drug-likeness (QED) is 0.813. The van der Waals surface area contributed by atoms with Gasteiger partial charge in [0, 0.05) is 24.7 Å². The Morgan fingerprint density at radius 2 is 2.00 bits per heavy atom. The molecule has 2 fully saturated rings. The SMILES string of the molecule is O=C(c1cnc2ccc(F)cc2c1)N1CCC2(CCO2)CC1. The van der Waals surface area contributed by atoms with Gasteiger partial charge in [-0.15, -0.1) is 0 Å². The molecule has 0 radical (unpaired) electrons. The van der Waals surface area contributed by atoms with Crippen molar-refractivity contribution in [2.45, 2.75) is 24.9 Å². The van der Waals surface area contributed by atoms with Crippen LogP contribution in [-0.2, 0) is 4.74 Å². The fourth-order valence-corrected chi connectivity index (χ4v) is 3.30. The number of halogens is 1. The van der Waals surface area contributed by atoms with E-state index >= 15 is 0 Å². The maximum absolute atomic E-state index is 13.3. The predicted octanol–water partition coefficient (Wildman–Crippen LogP) is 2.77. The minimum atomic E-state index is -0.319. The molecule has 4 nitrogen and oxygen atoms in total. The minimum absolute atomic E-state index is 0.0293. The fraction of sp³-hybridized carbons (Fsp3) is 0.412. The van der Waals surface area contributed by atoms with Crippen LogP contribution in [0.5, 0.6) is 0 Å². The van der Waals surface area contributed by atoms with Crippen molar-refractivity contribution in [3.63, 3.8) is 0 Å². The summed E-state index contributed by atoms with van der Waals surface area (Å²) < 4.78 is 19.0. The van der Waals surface area contributed by atoms with E-state index in [-0.39, 0.29) is 17.3 Å². The number of hydrogen-bond acceptors (Lipinski definition) is 3. The second kappa shape index (κ2) is 5.02. The number of nitrogens with zero attached hydrogens (tertiary/aromatic N) is 2. The maximum atomic E-state index is 13.3. The zero-order valence-electron chi connectivity index (χ0n) is 12.2. The van der Waals surface area contributed by atoms with Crippen molar-refractivity contribution in [2.24, 2.45) is 0 Å². The Morgan fingerprint density at radius 3 is 2.68 bits per heavy atom. The summed E-state index contributed by atoms with van der Waals surface area (Å²) in [5.74, 6) is -0.353. The summed E-state index contributed by atoms with van der Waals surface area (Å²) in [6.45, 7) is 2.26. The smallest absolute Gasteiger partial charge is 0.255 e. The highest BCUT2D eigenvalue weighted by Crippen LogP contribution is 2.37. The van der Waals surface area contributed by atoms with E-state index in [0.717, 1.165) is 25.9 Å². The first-order valence-corrected chi connectivity index (χ1v) is 7.64. The van der Waals surface area contributed by atoms with Gasteiger partial charge in [-0.05, 0) is 43.5 Å². The molecule has 22 heavy (non-hydrogen) atoms. The lowest BCUT2D eigenvalue weighted by atomic mass is 9.84. The number of amides is 1. The number of fused-ring (bicyclic) bond motifs is 1. The monoisotopic (exact) mass is 300 g/mol. The highest BCUT2D eigenvalue weighted by Gasteiger charge is 2.42.